The Bertz CT molecular complexity index is 291. The fraction of sp³-hybridized carbons (Fsp3) is 0.455. The first-order chi connectivity index (χ1) is 6.18. The van der Waals surface area contributed by atoms with Gasteiger partial charge in [-0.3, -0.25) is 0 Å². The Labute approximate surface area is 83.3 Å². The molecule has 0 heterocycles. The van der Waals surface area contributed by atoms with Crippen LogP contribution >= 0.6 is 11.6 Å². The molecule has 0 spiro atoms. The van der Waals surface area contributed by atoms with Gasteiger partial charge in [0.1, 0.15) is 0 Å². The molecule has 0 unspecified atom stereocenters. The van der Waals surface area contributed by atoms with Gasteiger partial charge in [-0.25, -0.2) is 0 Å². The van der Waals surface area contributed by atoms with E-state index in [2.05, 4.69) is 12.1 Å². The smallest absolute Gasteiger partial charge is 0.0546 e. The van der Waals surface area contributed by atoms with E-state index >= 15 is 0 Å². The number of aliphatic hydroxyl groups excluding tert-OH is 1. The van der Waals surface area contributed by atoms with E-state index in [0.717, 1.165) is 11.4 Å². The van der Waals surface area contributed by atoms with Gasteiger partial charge in [0.05, 0.1) is 6.10 Å². The number of aliphatic hydroxyl groups is 1. The van der Waals surface area contributed by atoms with Crippen LogP contribution in [0.5, 0.6) is 0 Å². The summed E-state index contributed by atoms with van der Waals surface area (Å²) < 4.78 is 0. The predicted molar refractivity (Wildman–Crippen MR) is 54.0 cm³/mol. The van der Waals surface area contributed by atoms with E-state index in [0.29, 0.717) is 11.8 Å². The summed E-state index contributed by atoms with van der Waals surface area (Å²) in [6.07, 6.45) is 0.930. The molecule has 70 valence electrons. The van der Waals surface area contributed by atoms with Crippen molar-refractivity contribution in [2.45, 2.75) is 25.4 Å². The van der Waals surface area contributed by atoms with Gasteiger partial charge in [0, 0.05) is 5.02 Å². The molecule has 2 heteroatoms. The highest BCUT2D eigenvalue weighted by Crippen LogP contribution is 2.49. The van der Waals surface area contributed by atoms with E-state index in [9.17, 15) is 5.11 Å². The number of benzene rings is 1. The molecular formula is C11H13ClO. The zero-order valence-corrected chi connectivity index (χ0v) is 8.33. The van der Waals surface area contributed by atoms with Gasteiger partial charge in [0.2, 0.25) is 0 Å². The minimum Gasteiger partial charge on any atom is -0.393 e. The van der Waals surface area contributed by atoms with Crippen LogP contribution in [0.3, 0.4) is 0 Å². The topological polar surface area (TPSA) is 20.2 Å². The highest BCUT2D eigenvalue weighted by Gasteiger charge is 2.41. The highest BCUT2D eigenvalue weighted by atomic mass is 35.5. The maximum Gasteiger partial charge on any atom is 0.0546 e. The molecule has 13 heavy (non-hydrogen) atoms. The molecule has 1 aliphatic carbocycles. The summed E-state index contributed by atoms with van der Waals surface area (Å²) in [7, 11) is 0. The van der Waals surface area contributed by atoms with Gasteiger partial charge in [-0.15, -0.1) is 0 Å². The molecule has 0 aliphatic heterocycles. The molecule has 3 atom stereocenters. The monoisotopic (exact) mass is 196 g/mol. The van der Waals surface area contributed by atoms with E-state index < -0.39 is 0 Å². The molecule has 1 nitrogen and oxygen atoms in total. The van der Waals surface area contributed by atoms with Crippen LogP contribution in [-0.2, 0) is 0 Å². The number of halogens is 1. The largest absolute Gasteiger partial charge is 0.393 e. The van der Waals surface area contributed by atoms with Crippen molar-refractivity contribution in [2.24, 2.45) is 5.92 Å². The van der Waals surface area contributed by atoms with E-state index in [4.69, 9.17) is 11.6 Å². The Hall–Kier alpha value is -0.530. The molecule has 0 amide bonds. The normalized spacial score (nSPS) is 28.5. The Morgan fingerprint density at radius 3 is 2.46 bits per heavy atom. The van der Waals surface area contributed by atoms with Crippen molar-refractivity contribution in [2.75, 3.05) is 0 Å². The number of hydrogen-bond acceptors (Lipinski definition) is 1. The Morgan fingerprint density at radius 1 is 1.38 bits per heavy atom. The predicted octanol–water partition coefficient (Wildman–Crippen LogP) is 2.82. The molecule has 1 N–H and O–H groups in total. The maximum absolute atomic E-state index is 9.35. The second-order valence-corrected chi connectivity index (χ2v) is 4.23. The lowest BCUT2D eigenvalue weighted by Crippen LogP contribution is -2.03. The van der Waals surface area contributed by atoms with Crippen LogP contribution in [0.25, 0.3) is 0 Å². The zero-order valence-electron chi connectivity index (χ0n) is 7.57. The van der Waals surface area contributed by atoms with Crippen LogP contribution in [0.2, 0.25) is 5.02 Å². The maximum atomic E-state index is 9.35. The first-order valence-electron chi connectivity index (χ1n) is 4.62. The molecule has 0 bridgehead atoms. The molecule has 1 aromatic carbocycles. The zero-order chi connectivity index (χ0) is 9.42. The minimum absolute atomic E-state index is 0.180. The van der Waals surface area contributed by atoms with Crippen molar-refractivity contribution in [1.29, 1.82) is 0 Å². The lowest BCUT2D eigenvalue weighted by Gasteiger charge is -2.02. The molecule has 1 aliphatic rings. The van der Waals surface area contributed by atoms with E-state index in [-0.39, 0.29) is 6.10 Å². The molecule has 1 aromatic rings. The third kappa shape index (κ3) is 1.87. The highest BCUT2D eigenvalue weighted by molar-refractivity contribution is 6.30. The van der Waals surface area contributed by atoms with E-state index in [1.54, 1.807) is 0 Å². The van der Waals surface area contributed by atoms with Crippen molar-refractivity contribution in [3.63, 3.8) is 0 Å². The number of hydrogen-bond donors (Lipinski definition) is 1. The van der Waals surface area contributed by atoms with Crippen molar-refractivity contribution in [3.8, 4) is 0 Å². The van der Waals surface area contributed by atoms with Crippen LogP contribution in [0.1, 0.15) is 24.8 Å². The van der Waals surface area contributed by atoms with Gasteiger partial charge < -0.3 is 5.11 Å². The number of rotatable bonds is 2. The first-order valence-corrected chi connectivity index (χ1v) is 5.00. The molecule has 2 rings (SSSR count). The molecule has 0 saturated heterocycles. The van der Waals surface area contributed by atoms with E-state index in [1.165, 1.54) is 5.56 Å². The molecular weight excluding hydrogens is 184 g/mol. The molecule has 0 radical (unpaired) electrons. The van der Waals surface area contributed by atoms with Crippen molar-refractivity contribution >= 4 is 11.6 Å². The van der Waals surface area contributed by atoms with Gasteiger partial charge in [-0.1, -0.05) is 23.7 Å². The molecule has 1 fully saturated rings. The fourth-order valence-electron chi connectivity index (χ4n) is 1.84. The SMILES string of the molecule is C[C@H](O)[C@@H]1C[C@@H]1c1ccc(Cl)cc1. The summed E-state index contributed by atoms with van der Waals surface area (Å²) in [5.41, 5.74) is 1.30. The van der Waals surface area contributed by atoms with Gasteiger partial charge >= 0.3 is 0 Å². The summed E-state index contributed by atoms with van der Waals surface area (Å²) in [5.74, 6) is 1.01. The lowest BCUT2D eigenvalue weighted by atomic mass is 10.1. The van der Waals surface area contributed by atoms with Crippen LogP contribution in [0.4, 0.5) is 0 Å². The van der Waals surface area contributed by atoms with Crippen molar-refractivity contribution in [3.05, 3.63) is 34.9 Å². The van der Waals surface area contributed by atoms with Crippen molar-refractivity contribution < 1.29 is 5.11 Å². The Balaban J connectivity index is 2.08. The summed E-state index contributed by atoms with van der Waals surface area (Å²) >= 11 is 5.79. The Morgan fingerprint density at radius 2 is 2.00 bits per heavy atom. The summed E-state index contributed by atoms with van der Waals surface area (Å²) in [5, 5.41) is 10.1. The summed E-state index contributed by atoms with van der Waals surface area (Å²) in [4.78, 5) is 0. The summed E-state index contributed by atoms with van der Waals surface area (Å²) in [6, 6.07) is 7.92. The quantitative estimate of drug-likeness (QED) is 0.772. The minimum atomic E-state index is -0.180. The van der Waals surface area contributed by atoms with Crippen LogP contribution in [0.15, 0.2) is 24.3 Å². The van der Waals surface area contributed by atoms with Gasteiger partial charge in [0.15, 0.2) is 0 Å². The van der Waals surface area contributed by atoms with Crippen molar-refractivity contribution in [1.82, 2.24) is 0 Å². The second-order valence-electron chi connectivity index (χ2n) is 3.80. The lowest BCUT2D eigenvalue weighted by molar-refractivity contribution is 0.169. The average molecular weight is 197 g/mol. The fourth-order valence-corrected chi connectivity index (χ4v) is 1.97. The standard InChI is InChI=1S/C11H13ClO/c1-7(13)10-6-11(10)8-2-4-9(12)5-3-8/h2-5,7,10-11,13H,6H2,1H3/t7-,10-,11+/m0/s1. The first kappa shape index (κ1) is 9.04. The summed E-state index contributed by atoms with van der Waals surface area (Å²) in [6.45, 7) is 1.86. The molecule has 0 aromatic heterocycles. The van der Waals surface area contributed by atoms with Crippen LogP contribution < -0.4 is 0 Å². The van der Waals surface area contributed by atoms with Crippen LogP contribution in [0, 0.1) is 5.92 Å². The van der Waals surface area contributed by atoms with Gasteiger partial charge in [-0.2, -0.15) is 0 Å². The third-order valence-corrected chi connectivity index (χ3v) is 3.01. The third-order valence-electron chi connectivity index (χ3n) is 2.76. The Kier molecular flexibility index (Phi) is 2.31. The average Bonchev–Trinajstić information content (AvgIpc) is 2.85. The molecule has 1 saturated carbocycles. The van der Waals surface area contributed by atoms with Gasteiger partial charge in [-0.05, 0) is 42.9 Å². The van der Waals surface area contributed by atoms with Crippen LogP contribution in [-0.4, -0.2) is 11.2 Å². The second kappa shape index (κ2) is 3.32. The van der Waals surface area contributed by atoms with Gasteiger partial charge in [0.25, 0.3) is 0 Å². The van der Waals surface area contributed by atoms with E-state index in [1.807, 2.05) is 19.1 Å².